The van der Waals surface area contributed by atoms with Crippen LogP contribution in [-0.4, -0.2) is 23.2 Å². The van der Waals surface area contributed by atoms with Gasteiger partial charge in [-0.15, -0.1) is 0 Å². The number of nitrogens with two attached hydrogens (primary N) is 1. The molecule has 0 amide bonds. The van der Waals surface area contributed by atoms with Gasteiger partial charge in [0.05, 0.1) is 5.56 Å². The number of aromatic nitrogens is 1. The van der Waals surface area contributed by atoms with Crippen LogP contribution in [0.3, 0.4) is 0 Å². The number of halogens is 1. The summed E-state index contributed by atoms with van der Waals surface area (Å²) in [6, 6.07) is 2.00. The molecule has 0 aromatic carbocycles. The topological polar surface area (TPSA) is 50.9 Å². The quantitative estimate of drug-likeness (QED) is 0.806. The zero-order valence-corrected chi connectivity index (χ0v) is 10.4. The second-order valence-electron chi connectivity index (χ2n) is 4.18. The first-order chi connectivity index (χ1) is 8.22. The van der Waals surface area contributed by atoms with E-state index in [2.05, 4.69) is 10.3 Å². The predicted molar refractivity (Wildman–Crippen MR) is 71.2 cm³/mol. The third-order valence-electron chi connectivity index (χ3n) is 2.95. The maximum atomic E-state index is 12.2. The molecule has 3 nitrogen and oxygen atoms in total. The minimum absolute atomic E-state index is 0.237. The van der Waals surface area contributed by atoms with E-state index in [0.717, 1.165) is 30.5 Å². The Hall–Kier alpha value is -1.23. The molecule has 0 saturated heterocycles. The van der Waals surface area contributed by atoms with Crippen molar-refractivity contribution in [2.24, 2.45) is 5.73 Å². The van der Waals surface area contributed by atoms with Crippen molar-refractivity contribution >= 4 is 23.0 Å². The highest BCUT2D eigenvalue weighted by Gasteiger charge is 2.16. The fourth-order valence-corrected chi connectivity index (χ4v) is 2.28. The molecule has 0 bridgehead atoms. The van der Waals surface area contributed by atoms with Gasteiger partial charge < -0.3 is 11.1 Å². The minimum atomic E-state index is -0.435. The van der Waals surface area contributed by atoms with Gasteiger partial charge in [0.25, 0.3) is 0 Å². The number of pyridine rings is 1. The molecule has 0 saturated carbocycles. The Labute approximate surface area is 106 Å². The molecule has 0 aliphatic heterocycles. The SMILES string of the molecule is NC(=S)c1cc2c(nc1NCCF)CCCC2. The van der Waals surface area contributed by atoms with E-state index in [1.807, 2.05) is 6.07 Å². The van der Waals surface area contributed by atoms with Gasteiger partial charge in [-0.2, -0.15) is 0 Å². The molecular formula is C12H16FN3S. The number of fused-ring (bicyclic) bond motifs is 1. The molecule has 0 fully saturated rings. The molecule has 92 valence electrons. The van der Waals surface area contributed by atoms with Crippen molar-refractivity contribution in [1.82, 2.24) is 4.98 Å². The summed E-state index contributed by atoms with van der Waals surface area (Å²) in [5.74, 6) is 0.621. The summed E-state index contributed by atoms with van der Waals surface area (Å²) < 4.78 is 12.2. The van der Waals surface area contributed by atoms with Gasteiger partial charge in [-0.1, -0.05) is 12.2 Å². The highest BCUT2D eigenvalue weighted by Crippen LogP contribution is 2.24. The highest BCUT2D eigenvalue weighted by molar-refractivity contribution is 7.80. The fourth-order valence-electron chi connectivity index (χ4n) is 2.12. The second-order valence-corrected chi connectivity index (χ2v) is 4.62. The van der Waals surface area contributed by atoms with Gasteiger partial charge in [-0.05, 0) is 37.3 Å². The molecule has 1 aliphatic carbocycles. The van der Waals surface area contributed by atoms with Crippen LogP contribution in [-0.2, 0) is 12.8 Å². The molecule has 1 aromatic rings. The van der Waals surface area contributed by atoms with Crippen LogP contribution in [0.15, 0.2) is 6.07 Å². The van der Waals surface area contributed by atoms with Crippen molar-refractivity contribution in [1.29, 1.82) is 0 Å². The van der Waals surface area contributed by atoms with Crippen LogP contribution < -0.4 is 11.1 Å². The predicted octanol–water partition coefficient (Wildman–Crippen LogP) is 1.98. The number of rotatable bonds is 4. The lowest BCUT2D eigenvalue weighted by Gasteiger charge is -2.18. The van der Waals surface area contributed by atoms with E-state index in [-0.39, 0.29) is 6.54 Å². The van der Waals surface area contributed by atoms with Gasteiger partial charge in [0.2, 0.25) is 0 Å². The number of hydrogen-bond donors (Lipinski definition) is 2. The van der Waals surface area contributed by atoms with Gasteiger partial charge in [0, 0.05) is 12.2 Å². The largest absolute Gasteiger partial charge is 0.389 e. The van der Waals surface area contributed by atoms with E-state index in [9.17, 15) is 4.39 Å². The zero-order chi connectivity index (χ0) is 12.3. The number of thiocarbonyl (C=S) groups is 1. The maximum absolute atomic E-state index is 12.2. The van der Waals surface area contributed by atoms with Crippen LogP contribution in [0.4, 0.5) is 10.2 Å². The third kappa shape index (κ3) is 2.72. The lowest BCUT2D eigenvalue weighted by molar-refractivity contribution is 0.512. The van der Waals surface area contributed by atoms with Crippen molar-refractivity contribution in [2.45, 2.75) is 25.7 Å². The van der Waals surface area contributed by atoms with Crippen molar-refractivity contribution < 1.29 is 4.39 Å². The van der Waals surface area contributed by atoms with E-state index in [4.69, 9.17) is 18.0 Å². The number of aryl methyl sites for hydroxylation is 2. The van der Waals surface area contributed by atoms with Crippen LogP contribution in [0.5, 0.6) is 0 Å². The number of alkyl halides is 1. The van der Waals surface area contributed by atoms with Gasteiger partial charge in [-0.3, -0.25) is 0 Å². The molecule has 3 N–H and O–H groups in total. The standard InChI is InChI=1S/C12H16FN3S/c13-5-6-15-12-9(11(14)17)7-8-3-1-2-4-10(8)16-12/h7H,1-6H2,(H2,14,17)(H,15,16). The molecule has 0 atom stereocenters. The number of nitrogens with one attached hydrogen (secondary N) is 1. The van der Waals surface area contributed by atoms with Crippen LogP contribution >= 0.6 is 12.2 Å². The van der Waals surface area contributed by atoms with Crippen molar-refractivity contribution in [2.75, 3.05) is 18.5 Å². The van der Waals surface area contributed by atoms with E-state index >= 15 is 0 Å². The van der Waals surface area contributed by atoms with Crippen LogP contribution in [0.1, 0.15) is 29.7 Å². The smallest absolute Gasteiger partial charge is 0.136 e. The summed E-state index contributed by atoms with van der Waals surface area (Å²) in [6.45, 7) is -0.197. The lowest BCUT2D eigenvalue weighted by atomic mass is 9.94. The van der Waals surface area contributed by atoms with Crippen LogP contribution in [0.2, 0.25) is 0 Å². The van der Waals surface area contributed by atoms with Crippen molar-refractivity contribution in [3.63, 3.8) is 0 Å². The average molecular weight is 253 g/mol. The molecule has 2 rings (SSSR count). The van der Waals surface area contributed by atoms with Gasteiger partial charge >= 0.3 is 0 Å². The van der Waals surface area contributed by atoms with Crippen LogP contribution in [0.25, 0.3) is 0 Å². The molecule has 0 spiro atoms. The first kappa shape index (κ1) is 12.2. The molecule has 0 radical (unpaired) electrons. The molecule has 5 heteroatoms. The Morgan fingerprint density at radius 2 is 2.24 bits per heavy atom. The average Bonchev–Trinajstić information content (AvgIpc) is 2.35. The minimum Gasteiger partial charge on any atom is -0.389 e. The summed E-state index contributed by atoms with van der Waals surface area (Å²) in [5.41, 5.74) is 8.73. The number of hydrogen-bond acceptors (Lipinski definition) is 3. The Balaban J connectivity index is 2.37. The van der Waals surface area contributed by atoms with E-state index in [1.165, 1.54) is 12.0 Å². The number of anilines is 1. The summed E-state index contributed by atoms with van der Waals surface area (Å²) in [7, 11) is 0. The first-order valence-electron chi connectivity index (χ1n) is 5.85. The Morgan fingerprint density at radius 3 is 2.94 bits per heavy atom. The summed E-state index contributed by atoms with van der Waals surface area (Å²) >= 11 is 5.01. The Morgan fingerprint density at radius 1 is 1.47 bits per heavy atom. The Kier molecular flexibility index (Phi) is 3.89. The van der Waals surface area contributed by atoms with E-state index in [0.29, 0.717) is 10.8 Å². The summed E-state index contributed by atoms with van der Waals surface area (Å²) in [4.78, 5) is 4.84. The monoisotopic (exact) mass is 253 g/mol. The van der Waals surface area contributed by atoms with E-state index in [1.54, 1.807) is 0 Å². The molecular weight excluding hydrogens is 237 g/mol. The number of nitrogens with zero attached hydrogens (tertiary/aromatic N) is 1. The van der Waals surface area contributed by atoms with E-state index < -0.39 is 6.67 Å². The molecule has 0 unspecified atom stereocenters. The van der Waals surface area contributed by atoms with Gasteiger partial charge in [0.1, 0.15) is 17.5 Å². The Bertz CT molecular complexity index is 434. The molecule has 17 heavy (non-hydrogen) atoms. The highest BCUT2D eigenvalue weighted by atomic mass is 32.1. The normalized spacial score (nSPS) is 14.2. The summed E-state index contributed by atoms with van der Waals surface area (Å²) in [5, 5.41) is 2.94. The fraction of sp³-hybridized carbons (Fsp3) is 0.500. The lowest BCUT2D eigenvalue weighted by Crippen LogP contribution is -2.18. The zero-order valence-electron chi connectivity index (χ0n) is 9.63. The first-order valence-corrected chi connectivity index (χ1v) is 6.25. The van der Waals surface area contributed by atoms with Crippen LogP contribution in [0, 0.1) is 0 Å². The third-order valence-corrected chi connectivity index (χ3v) is 3.17. The molecule has 1 aromatic heterocycles. The molecule has 1 aliphatic rings. The maximum Gasteiger partial charge on any atom is 0.136 e. The van der Waals surface area contributed by atoms with Crippen molar-refractivity contribution in [3.05, 3.63) is 22.9 Å². The van der Waals surface area contributed by atoms with Gasteiger partial charge in [-0.25, -0.2) is 9.37 Å². The second kappa shape index (κ2) is 5.40. The molecule has 1 heterocycles. The van der Waals surface area contributed by atoms with Crippen molar-refractivity contribution in [3.8, 4) is 0 Å². The van der Waals surface area contributed by atoms with Gasteiger partial charge in [0.15, 0.2) is 0 Å². The summed E-state index contributed by atoms with van der Waals surface area (Å²) in [6.07, 6.45) is 4.36.